The quantitative estimate of drug-likeness (QED) is 0.795. The van der Waals surface area contributed by atoms with Crippen LogP contribution in [0.3, 0.4) is 0 Å². The lowest BCUT2D eigenvalue weighted by Crippen LogP contribution is -2.40. The fourth-order valence-corrected chi connectivity index (χ4v) is 3.63. The van der Waals surface area contributed by atoms with Gasteiger partial charge in [0.25, 0.3) is 0 Å². The van der Waals surface area contributed by atoms with Gasteiger partial charge >= 0.3 is 0 Å². The Morgan fingerprint density at radius 3 is 2.56 bits per heavy atom. The summed E-state index contributed by atoms with van der Waals surface area (Å²) < 4.78 is 0. The number of hydrogen-bond donors (Lipinski definition) is 1. The highest BCUT2D eigenvalue weighted by atomic mass is 15.2. The van der Waals surface area contributed by atoms with Crippen LogP contribution >= 0.6 is 0 Å². The highest BCUT2D eigenvalue weighted by molar-refractivity contribution is 4.92. The van der Waals surface area contributed by atoms with E-state index in [4.69, 9.17) is 5.73 Å². The minimum absolute atomic E-state index is 0.200. The van der Waals surface area contributed by atoms with Crippen LogP contribution in [0.15, 0.2) is 0 Å². The zero-order valence-corrected chi connectivity index (χ0v) is 11.0. The van der Waals surface area contributed by atoms with Gasteiger partial charge in [-0.1, -0.05) is 12.8 Å². The van der Waals surface area contributed by atoms with Crippen LogP contribution in [0.5, 0.6) is 0 Å². The van der Waals surface area contributed by atoms with Crippen LogP contribution in [-0.2, 0) is 0 Å². The Labute approximate surface area is 101 Å². The predicted octanol–water partition coefficient (Wildman–Crippen LogP) is 2.91. The second-order valence-electron chi connectivity index (χ2n) is 6.24. The molecule has 1 heterocycles. The number of rotatable bonds is 4. The van der Waals surface area contributed by atoms with E-state index in [0.717, 1.165) is 6.04 Å². The summed E-state index contributed by atoms with van der Waals surface area (Å²) >= 11 is 0. The molecule has 0 amide bonds. The summed E-state index contributed by atoms with van der Waals surface area (Å²) in [4.78, 5) is 2.68. The van der Waals surface area contributed by atoms with Crippen molar-refractivity contribution in [1.29, 1.82) is 0 Å². The van der Waals surface area contributed by atoms with E-state index in [9.17, 15) is 0 Å². The molecule has 1 atom stereocenters. The Balaban J connectivity index is 1.80. The van der Waals surface area contributed by atoms with Crippen LogP contribution in [-0.4, -0.2) is 29.1 Å². The minimum Gasteiger partial charge on any atom is -0.325 e. The highest BCUT2D eigenvalue weighted by Crippen LogP contribution is 2.33. The molecule has 16 heavy (non-hydrogen) atoms. The maximum atomic E-state index is 6.44. The fraction of sp³-hybridized carbons (Fsp3) is 1.00. The molecule has 0 aromatic heterocycles. The van der Waals surface area contributed by atoms with E-state index in [1.807, 2.05) is 0 Å². The Kier molecular flexibility index (Phi) is 3.91. The van der Waals surface area contributed by atoms with Crippen molar-refractivity contribution in [3.8, 4) is 0 Å². The third-order valence-electron chi connectivity index (χ3n) is 4.66. The maximum Gasteiger partial charge on any atom is 0.0154 e. The number of nitrogens with zero attached hydrogens (tertiary/aromatic N) is 1. The highest BCUT2D eigenvalue weighted by Gasteiger charge is 2.32. The van der Waals surface area contributed by atoms with E-state index < -0.39 is 0 Å². The van der Waals surface area contributed by atoms with E-state index in [1.165, 1.54) is 57.9 Å². The fourth-order valence-electron chi connectivity index (χ4n) is 3.63. The first-order valence-electron chi connectivity index (χ1n) is 7.15. The van der Waals surface area contributed by atoms with Gasteiger partial charge in [0.2, 0.25) is 0 Å². The Hall–Kier alpha value is -0.0800. The first kappa shape index (κ1) is 12.4. The Bertz CT molecular complexity index is 219. The molecule has 2 heteroatoms. The van der Waals surface area contributed by atoms with Crippen molar-refractivity contribution in [2.24, 2.45) is 5.73 Å². The third-order valence-corrected chi connectivity index (χ3v) is 4.66. The summed E-state index contributed by atoms with van der Waals surface area (Å²) in [6, 6.07) is 1.53. The number of nitrogens with two attached hydrogens (primary N) is 1. The van der Waals surface area contributed by atoms with Crippen LogP contribution in [0.4, 0.5) is 0 Å². The van der Waals surface area contributed by atoms with E-state index in [0.29, 0.717) is 6.04 Å². The van der Waals surface area contributed by atoms with Gasteiger partial charge in [-0.15, -0.1) is 0 Å². The standard InChI is InChI=1S/C14H28N2/c1-12(2)16-11-5-6-13(16)7-10-14(15)8-3-4-9-14/h12-13H,3-11,15H2,1-2H3. The summed E-state index contributed by atoms with van der Waals surface area (Å²) in [5.41, 5.74) is 6.64. The molecule has 2 N–H and O–H groups in total. The van der Waals surface area contributed by atoms with Crippen LogP contribution in [0.2, 0.25) is 0 Å². The van der Waals surface area contributed by atoms with E-state index in [2.05, 4.69) is 18.7 Å². The SMILES string of the molecule is CC(C)N1CCCC1CCC1(N)CCCC1. The third kappa shape index (κ3) is 2.78. The summed E-state index contributed by atoms with van der Waals surface area (Å²) in [6.45, 7) is 5.96. The monoisotopic (exact) mass is 224 g/mol. The average Bonchev–Trinajstić information content (AvgIpc) is 2.83. The number of likely N-dealkylation sites (tertiary alicyclic amines) is 1. The van der Waals surface area contributed by atoms with Gasteiger partial charge in [0, 0.05) is 17.6 Å². The van der Waals surface area contributed by atoms with E-state index >= 15 is 0 Å². The molecule has 0 radical (unpaired) electrons. The lowest BCUT2D eigenvalue weighted by Gasteiger charge is -2.31. The lowest BCUT2D eigenvalue weighted by molar-refractivity contribution is 0.183. The second-order valence-corrected chi connectivity index (χ2v) is 6.24. The van der Waals surface area contributed by atoms with Crippen molar-refractivity contribution in [3.63, 3.8) is 0 Å². The predicted molar refractivity (Wildman–Crippen MR) is 69.5 cm³/mol. The molecule has 0 aromatic rings. The average molecular weight is 224 g/mol. The normalized spacial score (nSPS) is 30.4. The molecule has 0 bridgehead atoms. The molecule has 2 fully saturated rings. The van der Waals surface area contributed by atoms with Crippen molar-refractivity contribution in [2.75, 3.05) is 6.54 Å². The van der Waals surface area contributed by atoms with Gasteiger partial charge in [-0.25, -0.2) is 0 Å². The van der Waals surface area contributed by atoms with Gasteiger partial charge in [0.1, 0.15) is 0 Å². The van der Waals surface area contributed by atoms with Gasteiger partial charge < -0.3 is 5.73 Å². The van der Waals surface area contributed by atoms with Crippen molar-refractivity contribution >= 4 is 0 Å². The van der Waals surface area contributed by atoms with Gasteiger partial charge in [-0.05, 0) is 58.9 Å². The smallest absolute Gasteiger partial charge is 0.0154 e. The molecule has 2 aliphatic rings. The van der Waals surface area contributed by atoms with Crippen LogP contribution in [0, 0.1) is 0 Å². The minimum atomic E-state index is 0.200. The molecule has 2 nitrogen and oxygen atoms in total. The maximum absolute atomic E-state index is 6.44. The van der Waals surface area contributed by atoms with Crippen molar-refractivity contribution in [1.82, 2.24) is 4.90 Å². The van der Waals surface area contributed by atoms with E-state index in [1.54, 1.807) is 0 Å². The molecule has 0 spiro atoms. The van der Waals surface area contributed by atoms with Gasteiger partial charge in [0.05, 0.1) is 0 Å². The Morgan fingerprint density at radius 2 is 1.94 bits per heavy atom. The van der Waals surface area contributed by atoms with Crippen molar-refractivity contribution in [3.05, 3.63) is 0 Å². The largest absolute Gasteiger partial charge is 0.325 e. The molecular formula is C14H28N2. The van der Waals surface area contributed by atoms with Crippen molar-refractivity contribution < 1.29 is 0 Å². The van der Waals surface area contributed by atoms with Crippen LogP contribution in [0.25, 0.3) is 0 Å². The summed E-state index contributed by atoms with van der Waals surface area (Å²) in [7, 11) is 0. The zero-order valence-electron chi connectivity index (χ0n) is 11.0. The van der Waals surface area contributed by atoms with Gasteiger partial charge in [-0.2, -0.15) is 0 Å². The van der Waals surface area contributed by atoms with Crippen LogP contribution in [0.1, 0.15) is 65.2 Å². The molecule has 1 unspecified atom stereocenters. The first-order chi connectivity index (χ1) is 7.61. The van der Waals surface area contributed by atoms with Crippen molar-refractivity contribution in [2.45, 2.75) is 82.8 Å². The first-order valence-corrected chi connectivity index (χ1v) is 7.15. The number of hydrogen-bond acceptors (Lipinski definition) is 2. The van der Waals surface area contributed by atoms with Gasteiger partial charge in [0.15, 0.2) is 0 Å². The molecule has 1 saturated carbocycles. The zero-order chi connectivity index (χ0) is 11.6. The molecule has 0 aromatic carbocycles. The van der Waals surface area contributed by atoms with Gasteiger partial charge in [-0.3, -0.25) is 4.90 Å². The van der Waals surface area contributed by atoms with E-state index in [-0.39, 0.29) is 5.54 Å². The Morgan fingerprint density at radius 1 is 1.25 bits per heavy atom. The molecule has 1 aliphatic heterocycles. The van der Waals surface area contributed by atoms with Crippen LogP contribution < -0.4 is 5.73 Å². The second kappa shape index (κ2) is 5.05. The molecule has 1 aliphatic carbocycles. The summed E-state index contributed by atoms with van der Waals surface area (Å²) in [6.07, 6.45) is 10.6. The summed E-state index contributed by atoms with van der Waals surface area (Å²) in [5, 5.41) is 0. The molecule has 2 rings (SSSR count). The lowest BCUT2D eigenvalue weighted by atomic mass is 9.90. The summed E-state index contributed by atoms with van der Waals surface area (Å²) in [5.74, 6) is 0. The molecule has 94 valence electrons. The topological polar surface area (TPSA) is 29.3 Å². The molecule has 1 saturated heterocycles. The molecular weight excluding hydrogens is 196 g/mol.